The van der Waals surface area contributed by atoms with E-state index in [1.165, 1.54) is 24.3 Å². The number of nitrogens with one attached hydrogen (secondary N) is 4. The molecule has 22 N–H and O–H groups in total. The van der Waals surface area contributed by atoms with E-state index >= 15 is 0 Å². The van der Waals surface area contributed by atoms with E-state index < -0.39 is 210 Å². The van der Waals surface area contributed by atoms with Gasteiger partial charge in [0, 0.05) is 66.7 Å². The summed E-state index contributed by atoms with van der Waals surface area (Å²) in [7, 11) is -9.49. The Balaban J connectivity index is 1.03. The number of aliphatic hydroxyl groups is 16. The number of allylic oxidation sites excluding steroid dienone is 7. The van der Waals surface area contributed by atoms with Crippen molar-refractivity contribution in [1.82, 2.24) is 21.3 Å². The Morgan fingerprint density at radius 3 is 1.15 bits per heavy atom. The molecule has 111 heavy (non-hydrogen) atoms. The van der Waals surface area contributed by atoms with Crippen LogP contribution in [-0.4, -0.2) is 299 Å². The molecule has 23 atom stereocenters. The third-order valence-electron chi connectivity index (χ3n) is 21.9. The first-order chi connectivity index (χ1) is 52.5. The summed E-state index contributed by atoms with van der Waals surface area (Å²) >= 11 is 0. The fraction of sp³-hybridized carbons (Fsp3) is 0.671. The van der Waals surface area contributed by atoms with E-state index in [9.17, 15) is 127 Å². The predicted octanol–water partition coefficient (Wildman–Crippen LogP) is -3.36. The zero-order chi connectivity index (χ0) is 81.4. The summed E-state index contributed by atoms with van der Waals surface area (Å²) in [6, 6.07) is 2.40. The fourth-order valence-electron chi connectivity index (χ4n) is 15.5. The summed E-state index contributed by atoms with van der Waals surface area (Å²) in [5.41, 5.74) is 1.10. The minimum atomic E-state index is -4.75. The fourth-order valence-corrected chi connectivity index (χ4v) is 16.5. The molecule has 0 aromatic heterocycles. The van der Waals surface area contributed by atoms with Gasteiger partial charge in [0.2, 0.25) is 23.6 Å². The number of anilines is 2. The van der Waals surface area contributed by atoms with Crippen molar-refractivity contribution in [2.24, 2.45) is 0 Å². The Hall–Kier alpha value is -6.10. The highest BCUT2D eigenvalue weighted by Crippen LogP contribution is 2.53. The molecular formula is C73H110N6O30S2. The molecule has 0 radical (unpaired) electrons. The number of amides is 4. The number of aliphatic hydroxyl groups excluding tert-OH is 16. The van der Waals surface area contributed by atoms with Crippen molar-refractivity contribution in [2.45, 2.75) is 279 Å². The van der Waals surface area contributed by atoms with Gasteiger partial charge in [-0.3, -0.25) is 28.3 Å². The molecule has 36 nitrogen and oxygen atoms in total. The molecular weight excluding hydrogens is 1500 g/mol. The molecule has 4 saturated heterocycles. The van der Waals surface area contributed by atoms with Crippen LogP contribution in [0.25, 0.3) is 0 Å². The van der Waals surface area contributed by atoms with Crippen molar-refractivity contribution in [1.29, 1.82) is 0 Å². The van der Waals surface area contributed by atoms with Crippen molar-refractivity contribution in [2.75, 3.05) is 49.3 Å². The average Bonchev–Trinajstić information content (AvgIpc) is 1.59. The lowest BCUT2D eigenvalue weighted by Gasteiger charge is -2.40. The summed E-state index contributed by atoms with van der Waals surface area (Å²) in [6.45, 7) is 1.69. The van der Waals surface area contributed by atoms with Crippen LogP contribution < -0.4 is 31.1 Å². The van der Waals surface area contributed by atoms with Crippen molar-refractivity contribution in [3.05, 3.63) is 95.8 Å². The van der Waals surface area contributed by atoms with E-state index in [2.05, 4.69) is 26.2 Å². The van der Waals surface area contributed by atoms with E-state index in [0.29, 0.717) is 131 Å². The van der Waals surface area contributed by atoms with Gasteiger partial charge in [-0.25, -0.2) is 0 Å². The monoisotopic (exact) mass is 1610 g/mol. The van der Waals surface area contributed by atoms with Gasteiger partial charge in [-0.05, 0) is 112 Å². The summed E-state index contributed by atoms with van der Waals surface area (Å²) in [5, 5.41) is 174. The summed E-state index contributed by atoms with van der Waals surface area (Å²) in [5.74, 6) is -2.28. The number of hydrogen-bond donors (Lipinski definition) is 22. The maximum Gasteiger partial charge on any atom is 0.294 e. The quantitative estimate of drug-likeness (QED) is 0.0177. The lowest BCUT2D eigenvalue weighted by atomic mass is 9.74. The highest BCUT2D eigenvalue weighted by atomic mass is 32.2. The first-order valence-corrected chi connectivity index (χ1v) is 40.3. The Morgan fingerprint density at radius 1 is 0.423 bits per heavy atom. The normalized spacial score (nSPS) is 33.5. The van der Waals surface area contributed by atoms with E-state index in [0.717, 1.165) is 0 Å². The van der Waals surface area contributed by atoms with Gasteiger partial charge >= 0.3 is 0 Å². The number of fused-ring (bicyclic) bond motifs is 2. The number of nitrogens with zero attached hydrogens (tertiary/aromatic N) is 2. The summed E-state index contributed by atoms with van der Waals surface area (Å²) in [6.07, 6.45) is -7.36. The predicted molar refractivity (Wildman–Crippen MR) is 392 cm³/mol. The van der Waals surface area contributed by atoms with Crippen LogP contribution in [0.4, 0.5) is 11.4 Å². The van der Waals surface area contributed by atoms with Crippen molar-refractivity contribution < 1.29 is 146 Å². The average molecular weight is 1620 g/mol. The van der Waals surface area contributed by atoms with E-state index in [-0.39, 0.29) is 35.5 Å². The van der Waals surface area contributed by atoms with Crippen molar-refractivity contribution in [3.8, 4) is 0 Å². The molecule has 0 saturated carbocycles. The highest BCUT2D eigenvalue weighted by molar-refractivity contribution is 7.86. The number of hydrogen-bond acceptors (Lipinski definition) is 30. The Bertz CT molecular complexity index is 3800. The number of benzene rings is 2. The molecule has 6 aliphatic rings. The van der Waals surface area contributed by atoms with E-state index in [4.69, 9.17) is 18.9 Å². The minimum Gasteiger partial charge on any atom is -0.394 e. The molecule has 4 amide bonds. The molecule has 4 fully saturated rings. The second-order valence-corrected chi connectivity index (χ2v) is 32.4. The first-order valence-electron chi connectivity index (χ1n) is 37.4. The molecule has 0 bridgehead atoms. The molecule has 2 aromatic carbocycles. The zero-order valence-corrected chi connectivity index (χ0v) is 63.4. The van der Waals surface area contributed by atoms with E-state index in [1.54, 1.807) is 42.5 Å². The van der Waals surface area contributed by atoms with E-state index in [1.807, 2.05) is 30.9 Å². The lowest BCUT2D eigenvalue weighted by Crippen LogP contribution is -2.64. The second kappa shape index (κ2) is 40.5. The van der Waals surface area contributed by atoms with Crippen LogP contribution >= 0.6 is 0 Å². The molecule has 2 aromatic rings. The number of rotatable bonds is 38. The topological polar surface area (TPSA) is 592 Å². The highest BCUT2D eigenvalue weighted by Gasteiger charge is 2.51. The van der Waals surface area contributed by atoms with Crippen LogP contribution in [-0.2, 0) is 69.2 Å². The Kier molecular flexibility index (Phi) is 33.0. The van der Waals surface area contributed by atoms with Crippen molar-refractivity contribution >= 4 is 55.2 Å². The lowest BCUT2D eigenvalue weighted by molar-refractivity contribution is -0.253. The number of ether oxygens (including phenoxy) is 4. The van der Waals surface area contributed by atoms with Crippen LogP contribution in [0.1, 0.15) is 141 Å². The van der Waals surface area contributed by atoms with Gasteiger partial charge in [-0.1, -0.05) is 81.9 Å². The Labute approximate surface area is 643 Å². The van der Waals surface area contributed by atoms with Gasteiger partial charge in [0.05, 0.1) is 42.3 Å². The molecule has 6 heterocycles. The third kappa shape index (κ3) is 22.3. The van der Waals surface area contributed by atoms with Crippen molar-refractivity contribution in [3.63, 3.8) is 0 Å². The first kappa shape index (κ1) is 90.4. The molecule has 38 heteroatoms. The molecule has 6 aliphatic heterocycles. The second-order valence-electron chi connectivity index (χ2n) is 29.6. The smallest absolute Gasteiger partial charge is 0.294 e. The molecule has 8 rings (SSSR count). The van der Waals surface area contributed by atoms with Crippen LogP contribution in [0, 0.1) is 0 Å². The largest absolute Gasteiger partial charge is 0.394 e. The van der Waals surface area contributed by atoms with Gasteiger partial charge in [0.15, 0.2) is 25.2 Å². The molecule has 0 spiro atoms. The molecule has 3 unspecified atom stereocenters. The number of unbranched alkanes of at least 4 members (excludes halogenated alkanes) is 8. The molecule has 624 valence electrons. The van der Waals surface area contributed by atoms with Crippen LogP contribution in [0.5, 0.6) is 0 Å². The third-order valence-corrected chi connectivity index (χ3v) is 23.6. The zero-order valence-electron chi connectivity index (χ0n) is 61.8. The van der Waals surface area contributed by atoms with Crippen LogP contribution in [0.2, 0.25) is 0 Å². The molecule has 0 aliphatic carbocycles. The summed E-state index contributed by atoms with van der Waals surface area (Å²) < 4.78 is 92.7. The summed E-state index contributed by atoms with van der Waals surface area (Å²) in [4.78, 5) is 56.0. The minimum absolute atomic E-state index is 0.0656. The van der Waals surface area contributed by atoms with Gasteiger partial charge < -0.3 is 132 Å². The van der Waals surface area contributed by atoms with Gasteiger partial charge in [-0.15, -0.1) is 0 Å². The number of carbonyl (C=O) groups excluding carboxylic acids is 4. The van der Waals surface area contributed by atoms with Gasteiger partial charge in [-0.2, -0.15) is 16.8 Å². The van der Waals surface area contributed by atoms with Gasteiger partial charge in [0.25, 0.3) is 20.2 Å². The SMILES string of the molecule is CC1(CCCCCC(=O)N[C@H]2[C@H](O)[C@@H](O)[C@H](CO)O[C@@H]2O)\C(=C/C=C/C=C/C=C/C2N(CCCCCC(=O)N[C@H]3[C@H](O)[C@@H](O)[C@H](CO)O[C@@H]3O)c3ccc(S(=O)(=O)O)cc3C2(C)CCCCCC(=O)N[C@@H]2[C@@H](O)[C@H](O)[C@@H](CO)O[C@H]2O)N(CCCCCC(=O)N[C@H]2[C@H](O)[C@@H](O)[C@H](CO)O[C@@H]2O)c2ccc(S(=O)(=O)O)cc21. The maximum absolute atomic E-state index is 13.2. The van der Waals surface area contributed by atoms with Crippen LogP contribution in [0.3, 0.4) is 0 Å². The Morgan fingerprint density at radius 2 is 0.766 bits per heavy atom. The maximum atomic E-state index is 13.2. The number of carbonyl (C=O) groups is 4. The standard InChI is InChI=1S/C73H110N6O30S2/c1-72(30-16-6-12-22-52(84)74-56-64(92)60(88)46(36-80)106-68(56)96)42-34-40(110(100,101)102)26-28-44(42)78(32-18-8-14-24-54(86)76-58-66(94)62(90)48(38-82)108-70(58)98)50(72)20-10-4-3-5-11-21-51-73(2,31-17-7-13-23-53(85)75-57-65(93)61(89)47(37-81)107-69(57)97)43-35-41(111(103,104)105)27-29-45(43)79(51)33-19-9-15-25-55(87)77-59-67(95)63(91)49(39-83)109-71(59)99/h3-5,10-11,20-21,26-29,34-35,46-50,56-71,80-83,88-99H,6-9,12-19,22-25,30-33,36-39H2,1-2H3,(H,74,84)(H,75,85)(H,76,86)(H,77,87)(H,100,101,102)(H,103,104,105)/b4-3+,11-5+,20-10+,51-21+/t46-,47+,48+,49+,50?,56-,57+,58+,59+,60-,61+,62+,63+,64-,65+,66+,67+,68-,69+,70+,71+,72?,73?/m1/s1. The van der Waals surface area contributed by atoms with Gasteiger partial charge in [0.1, 0.15) is 97.4 Å². The van der Waals surface area contributed by atoms with Crippen LogP contribution in [0.15, 0.2) is 94.4 Å².